The van der Waals surface area contributed by atoms with Gasteiger partial charge in [0.05, 0.1) is 0 Å². The molecule has 2 aromatic carbocycles. The summed E-state index contributed by atoms with van der Waals surface area (Å²) in [6.45, 7) is 2.02. The fourth-order valence-electron chi connectivity index (χ4n) is 2.29. The van der Waals surface area contributed by atoms with Crippen LogP contribution < -0.4 is 5.32 Å². The molecule has 3 heteroatoms. The summed E-state index contributed by atoms with van der Waals surface area (Å²) in [5.41, 5.74) is 3.75. The van der Waals surface area contributed by atoms with Crippen LogP contribution in [0.4, 0.5) is 0 Å². The summed E-state index contributed by atoms with van der Waals surface area (Å²) < 4.78 is 0. The quantitative estimate of drug-likeness (QED) is 0.860. The van der Waals surface area contributed by atoms with Crippen molar-refractivity contribution in [1.29, 1.82) is 0 Å². The van der Waals surface area contributed by atoms with Crippen molar-refractivity contribution < 1.29 is 4.79 Å². The van der Waals surface area contributed by atoms with Gasteiger partial charge in [-0.2, -0.15) is 0 Å². The van der Waals surface area contributed by atoms with E-state index in [1.54, 1.807) is 0 Å². The molecule has 1 N–H and O–H groups in total. The third kappa shape index (κ3) is 3.08. The number of amidine groups is 1. The van der Waals surface area contributed by atoms with E-state index in [9.17, 15) is 4.79 Å². The molecular weight excluding hydrogens is 260 g/mol. The number of benzene rings is 2. The maximum atomic E-state index is 12.0. The van der Waals surface area contributed by atoms with E-state index in [0.717, 1.165) is 16.7 Å². The Hall–Kier alpha value is -2.68. The molecule has 1 heterocycles. The van der Waals surface area contributed by atoms with Crippen molar-refractivity contribution in [3.8, 4) is 0 Å². The second kappa shape index (κ2) is 5.75. The predicted octanol–water partition coefficient (Wildman–Crippen LogP) is 3.11. The lowest BCUT2D eigenvalue weighted by Crippen LogP contribution is -2.25. The number of hydrogen-bond donors (Lipinski definition) is 1. The average molecular weight is 276 g/mol. The van der Waals surface area contributed by atoms with Gasteiger partial charge in [-0.25, -0.2) is 4.99 Å². The minimum Gasteiger partial charge on any atom is -0.308 e. The Labute approximate surface area is 124 Å². The first kappa shape index (κ1) is 13.3. The number of rotatable bonds is 3. The van der Waals surface area contributed by atoms with E-state index >= 15 is 0 Å². The van der Waals surface area contributed by atoms with E-state index in [4.69, 9.17) is 0 Å². The third-order valence-electron chi connectivity index (χ3n) is 3.44. The topological polar surface area (TPSA) is 41.5 Å². The van der Waals surface area contributed by atoms with Crippen LogP contribution in [0.2, 0.25) is 0 Å². The number of carbonyl (C=O) groups excluding carboxylic acids is 1. The molecule has 0 radical (unpaired) electrons. The van der Waals surface area contributed by atoms with Crippen molar-refractivity contribution in [2.45, 2.75) is 13.3 Å². The van der Waals surface area contributed by atoms with E-state index in [-0.39, 0.29) is 5.91 Å². The van der Waals surface area contributed by atoms with Gasteiger partial charge >= 0.3 is 0 Å². The summed E-state index contributed by atoms with van der Waals surface area (Å²) in [6.07, 6.45) is 2.47. The lowest BCUT2D eigenvalue weighted by atomic mass is 10.1. The predicted molar refractivity (Wildman–Crippen MR) is 84.9 cm³/mol. The van der Waals surface area contributed by atoms with Crippen LogP contribution in [0.15, 0.2) is 65.3 Å². The van der Waals surface area contributed by atoms with Gasteiger partial charge in [-0.15, -0.1) is 0 Å². The van der Waals surface area contributed by atoms with Gasteiger partial charge < -0.3 is 5.32 Å². The highest BCUT2D eigenvalue weighted by atomic mass is 16.2. The van der Waals surface area contributed by atoms with E-state index in [1.807, 2.05) is 67.6 Å². The van der Waals surface area contributed by atoms with Gasteiger partial charge in [-0.3, -0.25) is 4.79 Å². The van der Waals surface area contributed by atoms with E-state index in [0.29, 0.717) is 18.0 Å². The molecule has 3 rings (SSSR count). The molecular formula is C18H16N2O. The van der Waals surface area contributed by atoms with Crippen molar-refractivity contribution >= 4 is 17.8 Å². The van der Waals surface area contributed by atoms with Crippen molar-refractivity contribution in [1.82, 2.24) is 5.32 Å². The van der Waals surface area contributed by atoms with Gasteiger partial charge in [-0.1, -0.05) is 54.6 Å². The molecule has 0 aliphatic carbocycles. The molecule has 1 aliphatic rings. The number of nitrogens with zero attached hydrogens (tertiary/aromatic N) is 1. The molecule has 0 atom stereocenters. The maximum Gasteiger partial charge on any atom is 0.275 e. The zero-order valence-corrected chi connectivity index (χ0v) is 11.8. The Balaban J connectivity index is 1.84. The molecule has 0 saturated heterocycles. The zero-order chi connectivity index (χ0) is 14.7. The Morgan fingerprint density at radius 2 is 1.76 bits per heavy atom. The van der Waals surface area contributed by atoms with Gasteiger partial charge in [0.15, 0.2) is 0 Å². The molecule has 0 fully saturated rings. The summed E-state index contributed by atoms with van der Waals surface area (Å²) in [6, 6.07) is 17.9. The van der Waals surface area contributed by atoms with Gasteiger partial charge in [0.1, 0.15) is 11.5 Å². The van der Waals surface area contributed by atoms with Crippen LogP contribution in [0.1, 0.15) is 16.7 Å². The Morgan fingerprint density at radius 1 is 1.05 bits per heavy atom. The van der Waals surface area contributed by atoms with Gasteiger partial charge in [0.2, 0.25) is 0 Å². The molecule has 3 nitrogen and oxygen atoms in total. The normalized spacial score (nSPS) is 16.0. The molecule has 1 amide bonds. The van der Waals surface area contributed by atoms with Crippen LogP contribution >= 0.6 is 0 Å². The molecule has 1 aliphatic heterocycles. The van der Waals surface area contributed by atoms with Crippen molar-refractivity contribution in [2.75, 3.05) is 0 Å². The molecule has 2 aromatic rings. The van der Waals surface area contributed by atoms with Crippen molar-refractivity contribution in [2.24, 2.45) is 4.99 Å². The molecule has 0 unspecified atom stereocenters. The van der Waals surface area contributed by atoms with Crippen LogP contribution in [-0.4, -0.2) is 11.7 Å². The molecule has 0 spiro atoms. The van der Waals surface area contributed by atoms with E-state index < -0.39 is 0 Å². The van der Waals surface area contributed by atoms with Crippen LogP contribution in [-0.2, 0) is 11.2 Å². The average Bonchev–Trinajstić information content (AvgIpc) is 2.82. The summed E-state index contributed by atoms with van der Waals surface area (Å²) in [4.78, 5) is 16.4. The Bertz CT molecular complexity index is 730. The van der Waals surface area contributed by atoms with Crippen molar-refractivity contribution in [3.63, 3.8) is 0 Å². The minimum absolute atomic E-state index is 0.135. The SMILES string of the molecule is Cc1ccccc1/C=C1\N=C(Cc2ccccc2)NC1=O. The number of nitrogens with one attached hydrogen (secondary N) is 1. The highest BCUT2D eigenvalue weighted by Gasteiger charge is 2.19. The minimum atomic E-state index is -0.135. The molecule has 104 valence electrons. The summed E-state index contributed by atoms with van der Waals surface area (Å²) in [7, 11) is 0. The summed E-state index contributed by atoms with van der Waals surface area (Å²) in [5.74, 6) is 0.565. The summed E-state index contributed by atoms with van der Waals surface area (Å²) in [5, 5.41) is 2.83. The highest BCUT2D eigenvalue weighted by molar-refractivity contribution is 6.14. The lowest BCUT2D eigenvalue weighted by molar-refractivity contribution is -0.115. The number of amides is 1. The monoisotopic (exact) mass is 276 g/mol. The maximum absolute atomic E-state index is 12.0. The lowest BCUT2D eigenvalue weighted by Gasteiger charge is -1.99. The van der Waals surface area contributed by atoms with Crippen LogP contribution in [0, 0.1) is 6.92 Å². The van der Waals surface area contributed by atoms with Gasteiger partial charge in [0, 0.05) is 6.42 Å². The number of aliphatic imine (C=N–C) groups is 1. The first-order chi connectivity index (χ1) is 10.2. The Morgan fingerprint density at radius 3 is 2.52 bits per heavy atom. The first-order valence-corrected chi connectivity index (χ1v) is 6.92. The third-order valence-corrected chi connectivity index (χ3v) is 3.44. The number of hydrogen-bond acceptors (Lipinski definition) is 2. The van der Waals surface area contributed by atoms with Gasteiger partial charge in [0.25, 0.3) is 5.91 Å². The largest absolute Gasteiger partial charge is 0.308 e. The molecule has 0 saturated carbocycles. The second-order valence-electron chi connectivity index (χ2n) is 5.06. The number of aryl methyl sites for hydroxylation is 1. The van der Waals surface area contributed by atoms with Crippen molar-refractivity contribution in [3.05, 3.63) is 77.0 Å². The van der Waals surface area contributed by atoms with Crippen LogP contribution in [0.5, 0.6) is 0 Å². The van der Waals surface area contributed by atoms with Crippen LogP contribution in [0.25, 0.3) is 6.08 Å². The molecule has 0 bridgehead atoms. The molecule has 21 heavy (non-hydrogen) atoms. The van der Waals surface area contributed by atoms with E-state index in [1.165, 1.54) is 0 Å². The standard InChI is InChI=1S/C18H16N2O/c1-13-7-5-6-10-15(13)12-16-18(21)20-17(19-16)11-14-8-3-2-4-9-14/h2-10,12H,11H2,1H3,(H,19,20,21)/b16-12-. The first-order valence-electron chi connectivity index (χ1n) is 6.92. The molecule has 0 aromatic heterocycles. The fourth-order valence-corrected chi connectivity index (χ4v) is 2.29. The van der Waals surface area contributed by atoms with Crippen LogP contribution in [0.3, 0.4) is 0 Å². The summed E-state index contributed by atoms with van der Waals surface area (Å²) >= 11 is 0. The van der Waals surface area contributed by atoms with Gasteiger partial charge in [-0.05, 0) is 29.7 Å². The zero-order valence-electron chi connectivity index (χ0n) is 11.8. The smallest absolute Gasteiger partial charge is 0.275 e. The number of carbonyl (C=O) groups is 1. The highest BCUT2D eigenvalue weighted by Crippen LogP contribution is 2.16. The Kier molecular flexibility index (Phi) is 3.65. The fraction of sp³-hybridized carbons (Fsp3) is 0.111. The second-order valence-corrected chi connectivity index (χ2v) is 5.06. The van der Waals surface area contributed by atoms with E-state index in [2.05, 4.69) is 10.3 Å².